The molecule has 1 N–H and O–H groups in total. The van der Waals surface area contributed by atoms with Gasteiger partial charge >= 0.3 is 5.97 Å². The minimum Gasteiger partial charge on any atom is -0.487 e. The second kappa shape index (κ2) is 5.92. The van der Waals surface area contributed by atoms with Gasteiger partial charge in [-0.15, -0.1) is 0 Å². The van der Waals surface area contributed by atoms with E-state index in [1.165, 1.54) is 12.1 Å². The van der Waals surface area contributed by atoms with Gasteiger partial charge in [-0.3, -0.25) is 0 Å². The summed E-state index contributed by atoms with van der Waals surface area (Å²) in [6, 6.07) is 8.89. The largest absolute Gasteiger partial charge is 0.487 e. The van der Waals surface area contributed by atoms with Gasteiger partial charge in [-0.1, -0.05) is 17.7 Å². The SMILES string of the molecule is Cc1ccc(Cl)c(OCc2cc(F)cc(C(=O)O)c2)c1. The minimum absolute atomic E-state index is 0.0429. The molecule has 0 radical (unpaired) electrons. The van der Waals surface area contributed by atoms with Crippen LogP contribution in [0.1, 0.15) is 21.5 Å². The van der Waals surface area contributed by atoms with Crippen molar-refractivity contribution < 1.29 is 19.0 Å². The van der Waals surface area contributed by atoms with Gasteiger partial charge in [0, 0.05) is 0 Å². The number of benzene rings is 2. The Labute approximate surface area is 120 Å². The van der Waals surface area contributed by atoms with Gasteiger partial charge < -0.3 is 9.84 Å². The van der Waals surface area contributed by atoms with Crippen molar-refractivity contribution in [3.8, 4) is 5.75 Å². The second-order valence-electron chi connectivity index (χ2n) is 4.38. The van der Waals surface area contributed by atoms with E-state index in [1.54, 1.807) is 12.1 Å². The van der Waals surface area contributed by atoms with E-state index in [1.807, 2.05) is 13.0 Å². The molecule has 0 amide bonds. The number of carbonyl (C=O) groups is 1. The first kappa shape index (κ1) is 14.3. The first-order valence-corrected chi connectivity index (χ1v) is 6.25. The lowest BCUT2D eigenvalue weighted by molar-refractivity contribution is 0.0696. The van der Waals surface area contributed by atoms with Crippen molar-refractivity contribution in [2.24, 2.45) is 0 Å². The molecular formula is C15H12ClFO3. The van der Waals surface area contributed by atoms with Gasteiger partial charge in [0.05, 0.1) is 10.6 Å². The predicted molar refractivity (Wildman–Crippen MR) is 73.9 cm³/mol. The summed E-state index contributed by atoms with van der Waals surface area (Å²) in [4.78, 5) is 10.8. The predicted octanol–water partition coefficient (Wildman–Crippen LogP) is 4.06. The molecule has 0 atom stereocenters. The van der Waals surface area contributed by atoms with Crippen molar-refractivity contribution in [1.82, 2.24) is 0 Å². The van der Waals surface area contributed by atoms with Gasteiger partial charge in [-0.2, -0.15) is 0 Å². The molecule has 2 rings (SSSR count). The number of rotatable bonds is 4. The van der Waals surface area contributed by atoms with E-state index in [9.17, 15) is 9.18 Å². The van der Waals surface area contributed by atoms with Crippen LogP contribution in [0.5, 0.6) is 5.75 Å². The van der Waals surface area contributed by atoms with Gasteiger partial charge in [-0.25, -0.2) is 9.18 Å². The van der Waals surface area contributed by atoms with Crippen molar-refractivity contribution >= 4 is 17.6 Å². The summed E-state index contributed by atoms with van der Waals surface area (Å²) < 4.78 is 18.8. The van der Waals surface area contributed by atoms with Crippen LogP contribution in [0, 0.1) is 12.7 Å². The van der Waals surface area contributed by atoms with Crippen LogP contribution in [0.25, 0.3) is 0 Å². The zero-order valence-corrected chi connectivity index (χ0v) is 11.4. The van der Waals surface area contributed by atoms with E-state index in [-0.39, 0.29) is 12.2 Å². The molecule has 0 aromatic heterocycles. The van der Waals surface area contributed by atoms with Gasteiger partial charge in [0.25, 0.3) is 0 Å². The Kier molecular flexibility index (Phi) is 4.25. The van der Waals surface area contributed by atoms with Crippen LogP contribution in [-0.4, -0.2) is 11.1 Å². The fourth-order valence-electron chi connectivity index (χ4n) is 1.74. The Hall–Kier alpha value is -2.07. The molecule has 104 valence electrons. The normalized spacial score (nSPS) is 10.3. The summed E-state index contributed by atoms with van der Waals surface area (Å²) in [5.74, 6) is -1.31. The molecule has 0 fully saturated rings. The number of aryl methyl sites for hydroxylation is 1. The van der Waals surface area contributed by atoms with E-state index >= 15 is 0 Å². The third-order valence-corrected chi connectivity index (χ3v) is 3.00. The summed E-state index contributed by atoms with van der Waals surface area (Å²) >= 11 is 5.98. The molecule has 0 unspecified atom stereocenters. The molecule has 0 aliphatic rings. The smallest absolute Gasteiger partial charge is 0.335 e. The number of halogens is 2. The topological polar surface area (TPSA) is 46.5 Å². The maximum Gasteiger partial charge on any atom is 0.335 e. The van der Waals surface area contributed by atoms with Crippen molar-refractivity contribution in [3.63, 3.8) is 0 Å². The van der Waals surface area contributed by atoms with Crippen LogP contribution in [-0.2, 0) is 6.61 Å². The Bertz CT molecular complexity index is 656. The number of aromatic carboxylic acids is 1. The average molecular weight is 295 g/mol. The molecule has 0 bridgehead atoms. The number of carboxylic acid groups (broad SMARTS) is 1. The van der Waals surface area contributed by atoms with Gasteiger partial charge in [0.2, 0.25) is 0 Å². The Morgan fingerprint density at radius 1 is 1.30 bits per heavy atom. The number of ether oxygens (including phenoxy) is 1. The summed E-state index contributed by atoms with van der Waals surface area (Å²) in [5.41, 5.74) is 1.30. The molecule has 20 heavy (non-hydrogen) atoms. The highest BCUT2D eigenvalue weighted by Crippen LogP contribution is 2.26. The highest BCUT2D eigenvalue weighted by molar-refractivity contribution is 6.32. The third-order valence-electron chi connectivity index (χ3n) is 2.69. The van der Waals surface area contributed by atoms with Crippen molar-refractivity contribution in [2.75, 3.05) is 0 Å². The monoisotopic (exact) mass is 294 g/mol. The molecule has 5 heteroatoms. The quantitative estimate of drug-likeness (QED) is 0.925. The molecule has 0 aliphatic carbocycles. The molecule has 3 nitrogen and oxygen atoms in total. The maximum absolute atomic E-state index is 13.3. The van der Waals surface area contributed by atoms with Crippen LogP contribution in [0.2, 0.25) is 5.02 Å². The summed E-state index contributed by atoms with van der Waals surface area (Å²) in [7, 11) is 0. The van der Waals surface area contributed by atoms with Crippen LogP contribution in [0.4, 0.5) is 4.39 Å². The zero-order valence-electron chi connectivity index (χ0n) is 10.7. The standard InChI is InChI=1S/C15H12ClFO3/c1-9-2-3-13(16)14(4-9)20-8-10-5-11(15(18)19)7-12(17)6-10/h2-7H,8H2,1H3,(H,18,19). The fourth-order valence-corrected chi connectivity index (χ4v) is 1.91. The van der Waals surface area contributed by atoms with Gasteiger partial charge in [0.15, 0.2) is 0 Å². The van der Waals surface area contributed by atoms with Crippen LogP contribution in [0.15, 0.2) is 36.4 Å². The molecule has 2 aromatic rings. The first-order chi connectivity index (χ1) is 9.45. The summed E-state index contributed by atoms with van der Waals surface area (Å²) in [6.45, 7) is 1.94. The first-order valence-electron chi connectivity index (χ1n) is 5.87. The number of hydrogen-bond donors (Lipinski definition) is 1. The molecular weight excluding hydrogens is 283 g/mol. The lowest BCUT2D eigenvalue weighted by Crippen LogP contribution is -2.02. The third kappa shape index (κ3) is 3.48. The van der Waals surface area contributed by atoms with Crippen LogP contribution >= 0.6 is 11.6 Å². The Balaban J connectivity index is 2.18. The highest BCUT2D eigenvalue weighted by Gasteiger charge is 2.08. The molecule has 0 aliphatic heterocycles. The van der Waals surface area contributed by atoms with Gasteiger partial charge in [-0.05, 0) is 48.4 Å². The highest BCUT2D eigenvalue weighted by atomic mass is 35.5. The lowest BCUT2D eigenvalue weighted by Gasteiger charge is -2.09. The van der Waals surface area contributed by atoms with Crippen molar-refractivity contribution in [1.29, 1.82) is 0 Å². The molecule has 0 saturated heterocycles. The average Bonchev–Trinajstić information content (AvgIpc) is 2.39. The Morgan fingerprint density at radius 3 is 2.75 bits per heavy atom. The molecule has 0 heterocycles. The molecule has 2 aromatic carbocycles. The van der Waals surface area contributed by atoms with Gasteiger partial charge in [0.1, 0.15) is 18.2 Å². The number of carboxylic acids is 1. The zero-order chi connectivity index (χ0) is 14.7. The van der Waals surface area contributed by atoms with Crippen molar-refractivity contribution in [2.45, 2.75) is 13.5 Å². The van der Waals surface area contributed by atoms with E-state index in [4.69, 9.17) is 21.4 Å². The molecule has 0 saturated carbocycles. The summed E-state index contributed by atoms with van der Waals surface area (Å²) in [6.07, 6.45) is 0. The maximum atomic E-state index is 13.3. The lowest BCUT2D eigenvalue weighted by atomic mass is 10.1. The van der Waals surface area contributed by atoms with Crippen LogP contribution < -0.4 is 4.74 Å². The van der Waals surface area contributed by atoms with E-state index < -0.39 is 11.8 Å². The fraction of sp³-hybridized carbons (Fsp3) is 0.133. The second-order valence-corrected chi connectivity index (χ2v) is 4.78. The minimum atomic E-state index is -1.18. The summed E-state index contributed by atoms with van der Waals surface area (Å²) in [5, 5.41) is 9.32. The van der Waals surface area contributed by atoms with E-state index in [0.717, 1.165) is 11.6 Å². The van der Waals surface area contributed by atoms with E-state index in [2.05, 4.69) is 0 Å². The Morgan fingerprint density at radius 2 is 2.05 bits per heavy atom. The number of hydrogen-bond acceptors (Lipinski definition) is 2. The molecule has 0 spiro atoms. The van der Waals surface area contributed by atoms with Crippen LogP contribution in [0.3, 0.4) is 0 Å². The van der Waals surface area contributed by atoms with Crippen molar-refractivity contribution in [3.05, 3.63) is 63.9 Å². The van der Waals surface area contributed by atoms with E-state index in [0.29, 0.717) is 16.3 Å².